The Balaban J connectivity index is 2.56. The number of hydrogen-bond donors (Lipinski definition) is 0. The highest BCUT2D eigenvalue weighted by Crippen LogP contribution is 2.46. The fraction of sp³-hybridized carbons (Fsp3) is 0.500. The predicted molar refractivity (Wildman–Crippen MR) is 90.6 cm³/mol. The lowest BCUT2D eigenvalue weighted by Crippen LogP contribution is -2.33. The highest BCUT2D eigenvalue weighted by atomic mass is 16.6. The van der Waals surface area contributed by atoms with Gasteiger partial charge in [0.15, 0.2) is 17.4 Å². The topological polar surface area (TPSA) is 107 Å². The molecule has 1 aromatic rings. The third-order valence-electron chi connectivity index (χ3n) is 4.21. The second-order valence-corrected chi connectivity index (χ2v) is 5.59. The van der Waals surface area contributed by atoms with Crippen molar-refractivity contribution in [1.82, 2.24) is 0 Å². The Morgan fingerprint density at radius 1 is 1.00 bits per heavy atom. The van der Waals surface area contributed by atoms with Gasteiger partial charge in [-0.1, -0.05) is 0 Å². The summed E-state index contributed by atoms with van der Waals surface area (Å²) >= 11 is 0. The van der Waals surface area contributed by atoms with Gasteiger partial charge in [-0.2, -0.15) is 0 Å². The molecule has 9 heteroatoms. The SMILES string of the molecule is CCOC(=O)[C@H]1[C@H](C(=O)OC)C(=O)O[C@@H]1c1cc(OC)c(OC)c(OC)c1. The molecule has 0 bridgehead atoms. The number of carbonyl (C=O) groups is 3. The number of benzene rings is 1. The van der Waals surface area contributed by atoms with E-state index < -0.39 is 35.8 Å². The molecule has 27 heavy (non-hydrogen) atoms. The van der Waals surface area contributed by atoms with E-state index in [4.69, 9.17) is 23.7 Å². The molecule has 1 saturated heterocycles. The molecule has 0 unspecified atom stereocenters. The molecule has 1 aliphatic rings. The van der Waals surface area contributed by atoms with Gasteiger partial charge in [0.05, 0.1) is 35.0 Å². The Kier molecular flexibility index (Phi) is 6.49. The van der Waals surface area contributed by atoms with Gasteiger partial charge in [0.2, 0.25) is 5.75 Å². The minimum Gasteiger partial charge on any atom is -0.493 e. The summed E-state index contributed by atoms with van der Waals surface area (Å²) in [5.74, 6) is -4.13. The van der Waals surface area contributed by atoms with Gasteiger partial charge in [-0.25, -0.2) is 0 Å². The summed E-state index contributed by atoms with van der Waals surface area (Å²) in [5.41, 5.74) is 0.391. The van der Waals surface area contributed by atoms with Crippen molar-refractivity contribution in [1.29, 1.82) is 0 Å². The average molecular weight is 382 g/mol. The van der Waals surface area contributed by atoms with Gasteiger partial charge >= 0.3 is 17.9 Å². The number of carbonyl (C=O) groups excluding carboxylic acids is 3. The van der Waals surface area contributed by atoms with E-state index in [-0.39, 0.29) is 6.61 Å². The zero-order valence-corrected chi connectivity index (χ0v) is 15.8. The summed E-state index contributed by atoms with van der Waals surface area (Å²) in [6.07, 6.45) is -1.07. The summed E-state index contributed by atoms with van der Waals surface area (Å²) in [6.45, 7) is 1.70. The first kappa shape index (κ1) is 20.3. The van der Waals surface area contributed by atoms with Gasteiger partial charge < -0.3 is 28.4 Å². The first-order valence-corrected chi connectivity index (χ1v) is 8.18. The van der Waals surface area contributed by atoms with Gasteiger partial charge in [-0.15, -0.1) is 0 Å². The second kappa shape index (κ2) is 8.61. The smallest absolute Gasteiger partial charge is 0.322 e. The molecule has 1 aromatic carbocycles. The highest BCUT2D eigenvalue weighted by molar-refractivity contribution is 6.01. The second-order valence-electron chi connectivity index (χ2n) is 5.59. The number of hydrogen-bond acceptors (Lipinski definition) is 9. The van der Waals surface area contributed by atoms with Gasteiger partial charge in [-0.05, 0) is 19.1 Å². The van der Waals surface area contributed by atoms with Crippen LogP contribution < -0.4 is 14.2 Å². The van der Waals surface area contributed by atoms with E-state index >= 15 is 0 Å². The van der Waals surface area contributed by atoms with Crippen molar-refractivity contribution < 1.29 is 42.8 Å². The molecule has 0 saturated carbocycles. The lowest BCUT2D eigenvalue weighted by atomic mass is 9.87. The van der Waals surface area contributed by atoms with E-state index in [0.29, 0.717) is 22.8 Å². The highest BCUT2D eigenvalue weighted by Gasteiger charge is 2.55. The molecule has 0 radical (unpaired) electrons. The molecule has 9 nitrogen and oxygen atoms in total. The van der Waals surface area contributed by atoms with E-state index in [1.165, 1.54) is 21.3 Å². The standard InChI is InChI=1S/C18H22O9/c1-6-26-17(20)12-13(16(19)25-5)18(21)27-14(12)9-7-10(22-2)15(24-4)11(8-9)23-3/h7-8,12-14H,6H2,1-5H3/t12-,13+,14+/m0/s1. The number of methoxy groups -OCH3 is 4. The average Bonchev–Trinajstić information content (AvgIpc) is 3.03. The first-order valence-electron chi connectivity index (χ1n) is 8.18. The minimum absolute atomic E-state index is 0.0827. The third-order valence-corrected chi connectivity index (χ3v) is 4.21. The van der Waals surface area contributed by atoms with Crippen molar-refractivity contribution in [3.8, 4) is 17.2 Å². The van der Waals surface area contributed by atoms with Crippen molar-refractivity contribution in [3.05, 3.63) is 17.7 Å². The van der Waals surface area contributed by atoms with Crippen LogP contribution in [0.15, 0.2) is 12.1 Å². The maximum atomic E-state index is 12.5. The van der Waals surface area contributed by atoms with E-state index in [0.717, 1.165) is 7.11 Å². The van der Waals surface area contributed by atoms with E-state index in [9.17, 15) is 14.4 Å². The van der Waals surface area contributed by atoms with Crippen LogP contribution >= 0.6 is 0 Å². The molecule has 3 atom stereocenters. The van der Waals surface area contributed by atoms with Crippen molar-refractivity contribution >= 4 is 17.9 Å². The van der Waals surface area contributed by atoms with Crippen molar-refractivity contribution in [2.24, 2.45) is 11.8 Å². The van der Waals surface area contributed by atoms with Crippen LogP contribution in [0.25, 0.3) is 0 Å². The van der Waals surface area contributed by atoms with Gasteiger partial charge in [0.1, 0.15) is 12.0 Å². The van der Waals surface area contributed by atoms with Crippen LogP contribution in [0.4, 0.5) is 0 Å². The van der Waals surface area contributed by atoms with Crippen LogP contribution in [-0.2, 0) is 28.6 Å². The van der Waals surface area contributed by atoms with Crippen LogP contribution in [0, 0.1) is 11.8 Å². The lowest BCUT2D eigenvalue weighted by molar-refractivity contribution is -0.160. The largest absolute Gasteiger partial charge is 0.493 e. The van der Waals surface area contributed by atoms with Crippen LogP contribution in [0.1, 0.15) is 18.6 Å². The molecule has 0 amide bonds. The Bertz CT molecular complexity index is 703. The summed E-state index contributed by atoms with van der Waals surface area (Å²) in [6, 6.07) is 3.09. The predicted octanol–water partition coefficient (Wildman–Crippen LogP) is 1.28. The number of rotatable bonds is 7. The van der Waals surface area contributed by atoms with Gasteiger partial charge in [-0.3, -0.25) is 14.4 Å². The quantitative estimate of drug-likeness (QED) is 0.391. The fourth-order valence-corrected chi connectivity index (χ4v) is 3.00. The zero-order chi connectivity index (χ0) is 20.1. The molecule has 148 valence electrons. The van der Waals surface area contributed by atoms with Crippen molar-refractivity contribution in [3.63, 3.8) is 0 Å². The minimum atomic E-state index is -1.42. The molecule has 0 N–H and O–H groups in total. The monoisotopic (exact) mass is 382 g/mol. The van der Waals surface area contributed by atoms with E-state index in [1.54, 1.807) is 19.1 Å². The molecule has 1 heterocycles. The number of esters is 3. The first-order chi connectivity index (χ1) is 12.9. The Hall–Kier alpha value is -2.97. The fourth-order valence-electron chi connectivity index (χ4n) is 3.00. The van der Waals surface area contributed by atoms with Gasteiger partial charge in [0.25, 0.3) is 0 Å². The Morgan fingerprint density at radius 2 is 1.59 bits per heavy atom. The maximum absolute atomic E-state index is 12.5. The molecule has 1 aliphatic heterocycles. The summed E-state index contributed by atoms with van der Waals surface area (Å²) in [4.78, 5) is 36.8. The van der Waals surface area contributed by atoms with Crippen LogP contribution in [0.2, 0.25) is 0 Å². The van der Waals surface area contributed by atoms with Crippen LogP contribution in [0.3, 0.4) is 0 Å². The normalized spacial score (nSPS) is 21.2. The lowest BCUT2D eigenvalue weighted by Gasteiger charge is -2.21. The molecular weight excluding hydrogens is 360 g/mol. The Morgan fingerprint density at radius 3 is 2.04 bits per heavy atom. The molecule has 0 spiro atoms. The third kappa shape index (κ3) is 3.76. The van der Waals surface area contributed by atoms with E-state index in [1.807, 2.05) is 0 Å². The molecule has 1 fully saturated rings. The maximum Gasteiger partial charge on any atom is 0.322 e. The molecule has 2 rings (SSSR count). The van der Waals surface area contributed by atoms with Crippen molar-refractivity contribution in [2.45, 2.75) is 13.0 Å². The summed E-state index contributed by atoms with van der Waals surface area (Å²) in [5, 5.41) is 0. The van der Waals surface area contributed by atoms with Crippen LogP contribution in [0.5, 0.6) is 17.2 Å². The Labute approximate surface area is 156 Å². The van der Waals surface area contributed by atoms with Gasteiger partial charge in [0, 0.05) is 5.56 Å². The number of ether oxygens (including phenoxy) is 6. The zero-order valence-electron chi connectivity index (χ0n) is 15.8. The summed E-state index contributed by atoms with van der Waals surface area (Å²) < 4.78 is 30.9. The van der Waals surface area contributed by atoms with Crippen molar-refractivity contribution in [2.75, 3.05) is 35.0 Å². The van der Waals surface area contributed by atoms with E-state index in [2.05, 4.69) is 4.74 Å². The van der Waals surface area contributed by atoms with Crippen LogP contribution in [-0.4, -0.2) is 53.0 Å². The molecule has 0 aliphatic carbocycles. The summed E-state index contributed by atoms with van der Waals surface area (Å²) in [7, 11) is 5.44. The molecule has 0 aromatic heterocycles. The molecular formula is C18H22O9. The number of cyclic esters (lactones) is 1.